The van der Waals surface area contributed by atoms with Gasteiger partial charge < -0.3 is 19.5 Å². The molecule has 1 aromatic rings. The van der Waals surface area contributed by atoms with E-state index in [1.165, 1.54) is 13.3 Å². The van der Waals surface area contributed by atoms with Crippen LogP contribution in [0, 0.1) is 12.4 Å². The van der Waals surface area contributed by atoms with Gasteiger partial charge in [0.1, 0.15) is 5.97 Å². The van der Waals surface area contributed by atoms with Crippen molar-refractivity contribution < 1.29 is 51.7 Å². The first kappa shape index (κ1) is 14.5. The van der Waals surface area contributed by atoms with Crippen LogP contribution in [-0.4, -0.2) is 23.0 Å². The van der Waals surface area contributed by atoms with E-state index in [2.05, 4.69) is 27.1 Å². The summed E-state index contributed by atoms with van der Waals surface area (Å²) in [5.74, 6) is -0.540. The third-order valence-corrected chi connectivity index (χ3v) is 0.856. The minimum absolute atomic E-state index is 0. The Morgan fingerprint density at radius 2 is 2.25 bits per heavy atom. The summed E-state index contributed by atoms with van der Waals surface area (Å²) >= 11 is 0. The van der Waals surface area contributed by atoms with Gasteiger partial charge in [-0.2, -0.15) is 0 Å². The zero-order valence-corrected chi connectivity index (χ0v) is 12.0. The average Bonchev–Trinajstić information content (AvgIpc) is 2.05. The van der Waals surface area contributed by atoms with E-state index >= 15 is 0 Å². The molecule has 0 spiro atoms. The Labute approximate surface area is 98.7 Å². The van der Waals surface area contributed by atoms with Crippen molar-refractivity contribution in [3.8, 4) is 0 Å². The van der Waals surface area contributed by atoms with Crippen LogP contribution < -0.4 is 0 Å². The van der Waals surface area contributed by atoms with Crippen molar-refractivity contribution in [2.24, 2.45) is 0 Å². The molecule has 0 saturated heterocycles. The number of carbonyl (C=O) groups is 1. The Morgan fingerprint density at radius 3 is 2.67 bits per heavy atom. The molecule has 0 aliphatic heterocycles. The average molecular weight is 504 g/mol. The van der Waals surface area contributed by atoms with Crippen LogP contribution in [0.5, 0.6) is 0 Å². The molecule has 0 atom stereocenters. The van der Waals surface area contributed by atoms with Gasteiger partial charge in [0.15, 0.2) is 0 Å². The Kier molecular flexibility index (Phi) is 9.12. The first-order chi connectivity index (χ1) is 4.84. The molecule has 0 fully saturated rings. The Balaban J connectivity index is 0. The number of hydrogen-bond donors (Lipinski definition) is 0. The summed E-state index contributed by atoms with van der Waals surface area (Å²) in [6, 6.07) is 0. The topological polar surface area (TPSA) is 52.1 Å². The van der Waals surface area contributed by atoms with E-state index in [-0.39, 0.29) is 47.8 Å². The molecule has 1 heterocycles. The minimum atomic E-state index is -0.540. The maximum Gasteiger partial charge on any atom is 0.135 e. The van der Waals surface area contributed by atoms with E-state index in [0.717, 1.165) is 0 Å². The van der Waals surface area contributed by atoms with Crippen LogP contribution in [0.1, 0.15) is 10.5 Å². The molecule has 64 valence electrons. The Morgan fingerprint density at radius 1 is 1.58 bits per heavy atom. The molecule has 0 saturated carbocycles. The van der Waals surface area contributed by atoms with Crippen LogP contribution in [0.15, 0.2) is 6.20 Å². The fourth-order valence-corrected chi connectivity index (χ4v) is 0.431. The van der Waals surface area contributed by atoms with Crippen molar-refractivity contribution in [1.82, 2.24) is 9.97 Å². The third-order valence-electron chi connectivity index (χ3n) is 0.856. The predicted molar refractivity (Wildman–Crippen MR) is 31.0 cm³/mol. The quantitative estimate of drug-likeness (QED) is 0.396. The molecular weight excluding hydrogens is 500 g/mol. The van der Waals surface area contributed by atoms with E-state index in [9.17, 15) is 4.79 Å². The second kappa shape index (κ2) is 7.57. The first-order valence-corrected chi connectivity index (χ1v) is 2.53. The zero-order chi connectivity index (χ0) is 7.40. The van der Waals surface area contributed by atoms with Gasteiger partial charge in [-0.15, -0.1) is 0 Å². The number of ether oxygens (including phenoxy) is 1. The number of rotatable bonds is 1. The van der Waals surface area contributed by atoms with Gasteiger partial charge in [0.2, 0.25) is 0 Å². The van der Waals surface area contributed by atoms with Gasteiger partial charge >= 0.3 is 0 Å². The largest absolute Gasteiger partial charge is 0.577 e. The van der Waals surface area contributed by atoms with Gasteiger partial charge in [-0.1, -0.05) is 11.9 Å². The predicted octanol–water partition coefficient (Wildman–Crippen LogP) is -0.141. The van der Waals surface area contributed by atoms with E-state index in [4.69, 9.17) is 0 Å². The molecule has 0 radical (unpaired) electrons. The molecule has 0 amide bonds. The van der Waals surface area contributed by atoms with Crippen LogP contribution in [0.25, 0.3) is 0 Å². The van der Waals surface area contributed by atoms with Gasteiger partial charge in [0, 0.05) is 42.1 Å². The second-order valence-corrected chi connectivity index (χ2v) is 1.45. The maximum absolute atomic E-state index is 10.6. The molecule has 6 heteroatoms. The summed E-state index contributed by atoms with van der Waals surface area (Å²) in [7, 11) is 1.27. The van der Waals surface area contributed by atoms with Crippen molar-refractivity contribution in [1.29, 1.82) is 0 Å². The number of aromatic nitrogens is 2. The van der Waals surface area contributed by atoms with E-state index in [0.29, 0.717) is 0 Å². The van der Waals surface area contributed by atoms with Gasteiger partial charge in [-0.05, 0) is 0 Å². The van der Waals surface area contributed by atoms with Gasteiger partial charge in [0.25, 0.3) is 0 Å². The van der Waals surface area contributed by atoms with Crippen molar-refractivity contribution in [2.45, 2.75) is 0 Å². The number of carbonyl (C=O) groups excluding carboxylic acids is 1. The van der Waals surface area contributed by atoms with Gasteiger partial charge in [-0.3, -0.25) is 0 Å². The normalized spacial score (nSPS) is 7.42. The van der Waals surface area contributed by atoms with Crippen molar-refractivity contribution in [3.05, 3.63) is 24.3 Å². The summed E-state index contributed by atoms with van der Waals surface area (Å²) in [6.45, 7) is 0. The molecule has 12 heavy (non-hydrogen) atoms. The van der Waals surface area contributed by atoms with Crippen molar-refractivity contribution in [2.75, 3.05) is 7.11 Å². The Bertz CT molecular complexity index is 230. The van der Waals surface area contributed by atoms with E-state index in [1.54, 1.807) is 0 Å². The number of nitrogens with zero attached hydrogens (tertiary/aromatic N) is 2. The molecular formula is C6H4N2O2W2-2. The van der Waals surface area contributed by atoms with Crippen LogP contribution in [-0.2, 0) is 46.9 Å². The first-order valence-electron chi connectivity index (χ1n) is 2.53. The second-order valence-electron chi connectivity index (χ2n) is 1.45. The molecule has 0 bridgehead atoms. The van der Waals surface area contributed by atoms with Crippen LogP contribution >= 0.6 is 0 Å². The summed E-state index contributed by atoms with van der Waals surface area (Å²) < 4.78 is 4.35. The number of esters is 1. The number of methoxy groups -OCH3 is 1. The van der Waals surface area contributed by atoms with Crippen molar-refractivity contribution in [3.63, 3.8) is 0 Å². The molecule has 0 unspecified atom stereocenters. The van der Waals surface area contributed by atoms with Gasteiger partial charge in [0.05, 0.1) is 7.11 Å². The zero-order valence-electron chi connectivity index (χ0n) is 6.10. The molecule has 0 aliphatic rings. The summed E-state index contributed by atoms with van der Waals surface area (Å²) in [5, 5.41) is 0. The molecule has 0 aromatic carbocycles. The van der Waals surface area contributed by atoms with E-state index in [1.807, 2.05) is 0 Å². The fourth-order valence-electron chi connectivity index (χ4n) is 0.431. The van der Waals surface area contributed by atoms with E-state index < -0.39 is 5.97 Å². The van der Waals surface area contributed by atoms with Crippen LogP contribution in [0.4, 0.5) is 0 Å². The number of hydrogen-bond acceptors (Lipinski definition) is 4. The monoisotopic (exact) mass is 504 g/mol. The van der Waals surface area contributed by atoms with Gasteiger partial charge in [-0.25, -0.2) is 12.4 Å². The smallest absolute Gasteiger partial charge is 0.135 e. The van der Waals surface area contributed by atoms with Crippen LogP contribution in [0.3, 0.4) is 0 Å². The third kappa shape index (κ3) is 4.08. The minimum Gasteiger partial charge on any atom is -0.577 e. The summed E-state index contributed by atoms with van der Waals surface area (Å²) in [4.78, 5) is 17.7. The van der Waals surface area contributed by atoms with Crippen LogP contribution in [0.2, 0.25) is 0 Å². The SMILES string of the molecule is COC(=O)c1[c-]n[c-]cn1.[W].[W]. The Hall–Kier alpha value is -0.0734. The molecule has 4 nitrogen and oxygen atoms in total. The molecule has 1 aromatic heterocycles. The molecule has 1 rings (SSSR count). The summed E-state index contributed by atoms with van der Waals surface area (Å²) in [5.41, 5.74) is 0.0706. The maximum atomic E-state index is 10.6. The molecule has 0 N–H and O–H groups in total. The van der Waals surface area contributed by atoms with Crippen molar-refractivity contribution >= 4 is 5.97 Å². The molecule has 0 aliphatic carbocycles. The summed E-state index contributed by atoms with van der Waals surface area (Å²) in [6.07, 6.45) is 6.00. The standard InChI is InChI=1S/C6H4N2O2.2W/c1-10-6(9)5-4-7-2-3-8-5;;/h3H,1H3;;/q-2;;. The fraction of sp³-hybridized carbons (Fsp3) is 0.167.